The van der Waals surface area contributed by atoms with Crippen LogP contribution in [-0.2, 0) is 6.42 Å². The molecule has 1 N–H and O–H groups in total. The molecule has 0 aliphatic heterocycles. The summed E-state index contributed by atoms with van der Waals surface area (Å²) in [5, 5.41) is 3.20. The van der Waals surface area contributed by atoms with Crippen molar-refractivity contribution in [2.24, 2.45) is 0 Å². The van der Waals surface area contributed by atoms with Gasteiger partial charge in [-0.15, -0.1) is 0 Å². The molecule has 0 spiro atoms. The van der Waals surface area contributed by atoms with E-state index >= 15 is 0 Å². The first-order valence-electron chi connectivity index (χ1n) is 6.29. The van der Waals surface area contributed by atoms with E-state index in [1.807, 2.05) is 0 Å². The maximum absolute atomic E-state index is 13.6. The Morgan fingerprint density at radius 3 is 2.80 bits per heavy atom. The van der Waals surface area contributed by atoms with Gasteiger partial charge in [0.15, 0.2) is 0 Å². The van der Waals surface area contributed by atoms with E-state index in [1.54, 1.807) is 6.20 Å². The minimum absolute atomic E-state index is 0.240. The van der Waals surface area contributed by atoms with Gasteiger partial charge in [-0.2, -0.15) is 0 Å². The predicted molar refractivity (Wildman–Crippen MR) is 82.7 cm³/mol. The van der Waals surface area contributed by atoms with Crippen molar-refractivity contribution in [2.45, 2.75) is 19.8 Å². The number of rotatable bonds is 5. The van der Waals surface area contributed by atoms with Gasteiger partial charge in [0.2, 0.25) is 0 Å². The average molecular weight is 389 g/mol. The minimum atomic E-state index is -0.583. The molecule has 0 aliphatic carbocycles. The highest BCUT2D eigenvalue weighted by Crippen LogP contribution is 2.17. The van der Waals surface area contributed by atoms with Crippen molar-refractivity contribution in [3.8, 4) is 0 Å². The Labute approximate surface area is 130 Å². The molecule has 0 amide bonds. The summed E-state index contributed by atoms with van der Waals surface area (Å²) in [6.45, 7) is 2.88. The lowest BCUT2D eigenvalue weighted by atomic mass is 10.1. The minimum Gasteiger partial charge on any atom is -0.369 e. The predicted octanol–water partition coefficient (Wildman–Crippen LogP) is 3.77. The molecule has 2 aromatic rings. The van der Waals surface area contributed by atoms with Crippen molar-refractivity contribution in [3.05, 3.63) is 51.0 Å². The lowest BCUT2D eigenvalue weighted by Gasteiger charge is -2.08. The number of hydrogen-bond acceptors (Lipinski definition) is 3. The first kappa shape index (κ1) is 15.1. The number of hydrogen-bond donors (Lipinski definition) is 1. The highest BCUT2D eigenvalue weighted by atomic mass is 127. The molecule has 3 nitrogen and oxygen atoms in total. The van der Waals surface area contributed by atoms with E-state index in [4.69, 9.17) is 0 Å². The molecule has 1 aromatic carbocycles. The summed E-state index contributed by atoms with van der Waals surface area (Å²) in [5.41, 5.74) is 0.383. The van der Waals surface area contributed by atoms with Crippen LogP contribution >= 0.6 is 22.6 Å². The van der Waals surface area contributed by atoms with E-state index in [9.17, 15) is 8.78 Å². The van der Waals surface area contributed by atoms with Gasteiger partial charge in [-0.05, 0) is 40.6 Å². The van der Waals surface area contributed by atoms with Crippen molar-refractivity contribution >= 4 is 28.4 Å². The number of nitrogens with zero attached hydrogens (tertiary/aromatic N) is 2. The Bertz CT molecular complexity index is 605. The van der Waals surface area contributed by atoms with Gasteiger partial charge in [0.1, 0.15) is 23.3 Å². The topological polar surface area (TPSA) is 37.8 Å². The van der Waals surface area contributed by atoms with E-state index in [2.05, 4.69) is 44.8 Å². The second-order valence-electron chi connectivity index (χ2n) is 4.32. The van der Waals surface area contributed by atoms with Crippen molar-refractivity contribution < 1.29 is 8.78 Å². The number of aromatic nitrogens is 2. The maximum atomic E-state index is 13.6. The van der Waals surface area contributed by atoms with Crippen LogP contribution < -0.4 is 5.32 Å². The summed E-state index contributed by atoms with van der Waals surface area (Å²) in [5.74, 6) is 0.102. The fraction of sp³-hybridized carbons (Fsp3) is 0.286. The van der Waals surface area contributed by atoms with E-state index < -0.39 is 11.6 Å². The molecular weight excluding hydrogens is 375 g/mol. The van der Waals surface area contributed by atoms with Gasteiger partial charge in [0.25, 0.3) is 0 Å². The van der Waals surface area contributed by atoms with E-state index in [0.717, 1.165) is 28.4 Å². The highest BCUT2D eigenvalue weighted by Gasteiger charge is 2.09. The zero-order valence-electron chi connectivity index (χ0n) is 11.0. The first-order valence-corrected chi connectivity index (χ1v) is 7.37. The van der Waals surface area contributed by atoms with Gasteiger partial charge in [-0.25, -0.2) is 18.7 Å². The van der Waals surface area contributed by atoms with Crippen LogP contribution in [0.1, 0.15) is 24.7 Å². The van der Waals surface area contributed by atoms with E-state index in [-0.39, 0.29) is 6.42 Å². The molecule has 0 fully saturated rings. The van der Waals surface area contributed by atoms with Crippen LogP contribution in [0, 0.1) is 15.2 Å². The Morgan fingerprint density at radius 2 is 2.10 bits per heavy atom. The van der Waals surface area contributed by atoms with Crippen LogP contribution in [0.4, 0.5) is 14.6 Å². The van der Waals surface area contributed by atoms with Crippen LogP contribution in [0.5, 0.6) is 0 Å². The molecular formula is C14H14F2IN3. The number of halogens is 3. The third kappa shape index (κ3) is 3.84. The summed E-state index contributed by atoms with van der Waals surface area (Å²) in [7, 11) is 0. The summed E-state index contributed by atoms with van der Waals surface area (Å²) in [4.78, 5) is 8.57. The number of nitrogens with one attached hydrogen (secondary N) is 1. The smallest absolute Gasteiger partial charge is 0.143 e. The van der Waals surface area contributed by atoms with Crippen molar-refractivity contribution in [3.63, 3.8) is 0 Å². The van der Waals surface area contributed by atoms with Crippen LogP contribution in [0.3, 0.4) is 0 Å². The summed E-state index contributed by atoms with van der Waals surface area (Å²) in [6, 6.07) is 3.53. The van der Waals surface area contributed by atoms with Gasteiger partial charge in [0.05, 0.1) is 3.57 Å². The third-order valence-electron chi connectivity index (χ3n) is 2.70. The zero-order valence-corrected chi connectivity index (χ0v) is 13.1. The van der Waals surface area contributed by atoms with Crippen LogP contribution in [0.15, 0.2) is 24.4 Å². The number of anilines is 1. The van der Waals surface area contributed by atoms with Gasteiger partial charge < -0.3 is 5.32 Å². The summed E-state index contributed by atoms with van der Waals surface area (Å²) >= 11 is 2.15. The third-order valence-corrected chi connectivity index (χ3v) is 3.49. The van der Waals surface area contributed by atoms with Crippen molar-refractivity contribution in [2.75, 3.05) is 11.9 Å². The Hall–Kier alpha value is -1.31. The van der Waals surface area contributed by atoms with Crippen molar-refractivity contribution in [1.29, 1.82) is 0 Å². The number of benzene rings is 1. The van der Waals surface area contributed by atoms with Gasteiger partial charge >= 0.3 is 0 Å². The Kier molecular flexibility index (Phi) is 5.22. The molecule has 0 saturated heterocycles. The summed E-state index contributed by atoms with van der Waals surface area (Å²) < 4.78 is 27.4. The molecule has 1 aromatic heterocycles. The first-order chi connectivity index (χ1) is 9.60. The normalized spacial score (nSPS) is 10.6. The second-order valence-corrected chi connectivity index (χ2v) is 5.48. The lowest BCUT2D eigenvalue weighted by Crippen LogP contribution is -2.08. The molecule has 106 valence electrons. The molecule has 1 heterocycles. The monoisotopic (exact) mass is 389 g/mol. The van der Waals surface area contributed by atoms with Gasteiger partial charge in [-0.3, -0.25) is 0 Å². The largest absolute Gasteiger partial charge is 0.369 e. The molecule has 0 unspecified atom stereocenters. The molecule has 0 radical (unpaired) electrons. The zero-order chi connectivity index (χ0) is 14.5. The fourth-order valence-electron chi connectivity index (χ4n) is 1.69. The van der Waals surface area contributed by atoms with Gasteiger partial charge in [-0.1, -0.05) is 13.0 Å². The molecule has 20 heavy (non-hydrogen) atoms. The lowest BCUT2D eigenvalue weighted by molar-refractivity contribution is 0.573. The second kappa shape index (κ2) is 6.92. The SMILES string of the molecule is CCCNc1nc(Cc2ccc(F)cc2F)ncc1I. The van der Waals surface area contributed by atoms with E-state index in [1.165, 1.54) is 12.1 Å². The van der Waals surface area contributed by atoms with Gasteiger partial charge in [0, 0.05) is 25.2 Å². The fourth-order valence-corrected chi connectivity index (χ4v) is 2.14. The summed E-state index contributed by atoms with van der Waals surface area (Å²) in [6.07, 6.45) is 2.92. The quantitative estimate of drug-likeness (QED) is 0.792. The Balaban J connectivity index is 2.20. The highest BCUT2D eigenvalue weighted by molar-refractivity contribution is 14.1. The molecule has 0 atom stereocenters. The molecule has 2 rings (SSSR count). The maximum Gasteiger partial charge on any atom is 0.143 e. The standard InChI is InChI=1S/C14H14F2IN3/c1-2-5-18-14-12(17)8-19-13(20-14)6-9-3-4-10(15)7-11(9)16/h3-4,7-8H,2,5-6H2,1H3,(H,18,19,20). The average Bonchev–Trinajstić information content (AvgIpc) is 2.42. The Morgan fingerprint density at radius 1 is 1.30 bits per heavy atom. The van der Waals surface area contributed by atoms with E-state index in [0.29, 0.717) is 11.4 Å². The van der Waals surface area contributed by atoms with Crippen LogP contribution in [-0.4, -0.2) is 16.5 Å². The van der Waals surface area contributed by atoms with Crippen molar-refractivity contribution in [1.82, 2.24) is 9.97 Å². The van der Waals surface area contributed by atoms with Crippen LogP contribution in [0.2, 0.25) is 0 Å². The molecule has 0 aliphatic rings. The van der Waals surface area contributed by atoms with Crippen LogP contribution in [0.25, 0.3) is 0 Å². The molecule has 0 bridgehead atoms. The molecule has 0 saturated carbocycles. The molecule has 6 heteroatoms.